The standard InChI is InChI=1S/C21H40O4/c1-3-4-5-12-15-20(23)16-13-10-8-6-7-9-11-14-17-21(24)25-18-19(2)22/h10,13,19-20,22-23H,3-9,11-12,14-18H2,1-2H3/b13-10+/t19-,20+/m1/s1. The Morgan fingerprint density at radius 3 is 2.36 bits per heavy atom. The molecular formula is C21H40O4. The predicted octanol–water partition coefficient (Wildman–Crippen LogP) is 4.92. The lowest BCUT2D eigenvalue weighted by molar-refractivity contribution is -0.146. The maximum atomic E-state index is 11.3. The lowest BCUT2D eigenvalue weighted by atomic mass is 10.1. The molecular weight excluding hydrogens is 316 g/mol. The Morgan fingerprint density at radius 1 is 0.960 bits per heavy atom. The molecule has 4 nitrogen and oxygen atoms in total. The Labute approximate surface area is 154 Å². The number of carbonyl (C=O) groups is 1. The highest BCUT2D eigenvalue weighted by molar-refractivity contribution is 5.69. The summed E-state index contributed by atoms with van der Waals surface area (Å²) in [7, 11) is 0. The molecule has 0 rings (SSSR count). The van der Waals surface area contributed by atoms with E-state index < -0.39 is 6.10 Å². The number of aliphatic hydroxyl groups excluding tert-OH is 2. The first-order chi connectivity index (χ1) is 12.1. The minimum atomic E-state index is -0.584. The fourth-order valence-electron chi connectivity index (χ4n) is 2.64. The van der Waals surface area contributed by atoms with E-state index in [0.29, 0.717) is 6.42 Å². The van der Waals surface area contributed by atoms with E-state index in [1.165, 1.54) is 25.7 Å². The SMILES string of the molecule is CCCCCC[C@H](O)C/C=C/CCCCCCCC(=O)OC[C@@H](C)O. The first-order valence-electron chi connectivity index (χ1n) is 10.2. The molecule has 0 aliphatic rings. The number of ether oxygens (including phenoxy) is 1. The van der Waals surface area contributed by atoms with E-state index in [4.69, 9.17) is 9.84 Å². The van der Waals surface area contributed by atoms with Crippen LogP contribution in [0.3, 0.4) is 0 Å². The van der Waals surface area contributed by atoms with Gasteiger partial charge in [0.25, 0.3) is 0 Å². The van der Waals surface area contributed by atoms with Gasteiger partial charge in [-0.3, -0.25) is 4.79 Å². The molecule has 4 heteroatoms. The maximum absolute atomic E-state index is 11.3. The van der Waals surface area contributed by atoms with Gasteiger partial charge in [0.1, 0.15) is 6.61 Å². The van der Waals surface area contributed by atoms with E-state index in [2.05, 4.69) is 19.1 Å². The molecule has 148 valence electrons. The van der Waals surface area contributed by atoms with Crippen molar-refractivity contribution in [3.05, 3.63) is 12.2 Å². The maximum Gasteiger partial charge on any atom is 0.305 e. The van der Waals surface area contributed by atoms with Crippen molar-refractivity contribution < 1.29 is 19.7 Å². The Morgan fingerprint density at radius 2 is 1.64 bits per heavy atom. The van der Waals surface area contributed by atoms with E-state index in [9.17, 15) is 9.90 Å². The molecule has 2 N–H and O–H groups in total. The van der Waals surface area contributed by atoms with Crippen molar-refractivity contribution in [2.75, 3.05) is 6.61 Å². The van der Waals surface area contributed by atoms with Crippen molar-refractivity contribution in [2.45, 2.75) is 110 Å². The second kappa shape index (κ2) is 17.9. The van der Waals surface area contributed by atoms with Gasteiger partial charge in [0.2, 0.25) is 0 Å². The summed E-state index contributed by atoms with van der Waals surface area (Å²) in [6, 6.07) is 0. The molecule has 0 aliphatic heterocycles. The van der Waals surface area contributed by atoms with Crippen LogP contribution in [-0.4, -0.2) is 35.0 Å². The number of hydrogen-bond acceptors (Lipinski definition) is 4. The lowest BCUT2D eigenvalue weighted by Crippen LogP contribution is -2.14. The zero-order valence-corrected chi connectivity index (χ0v) is 16.4. The third kappa shape index (κ3) is 19.3. The summed E-state index contributed by atoms with van der Waals surface area (Å²) >= 11 is 0. The second-order valence-electron chi connectivity index (χ2n) is 7.05. The van der Waals surface area contributed by atoms with E-state index in [-0.39, 0.29) is 18.7 Å². The van der Waals surface area contributed by atoms with Crippen LogP contribution in [0.15, 0.2) is 12.2 Å². The summed E-state index contributed by atoms with van der Waals surface area (Å²) in [5.74, 6) is -0.211. The van der Waals surface area contributed by atoms with Gasteiger partial charge in [-0.2, -0.15) is 0 Å². The molecule has 0 saturated heterocycles. The van der Waals surface area contributed by atoms with Gasteiger partial charge in [0.15, 0.2) is 0 Å². The van der Waals surface area contributed by atoms with Crippen LogP contribution < -0.4 is 0 Å². The Kier molecular flexibility index (Phi) is 17.3. The first kappa shape index (κ1) is 24.1. The van der Waals surface area contributed by atoms with Crippen LogP contribution >= 0.6 is 0 Å². The van der Waals surface area contributed by atoms with Crippen LogP contribution in [0, 0.1) is 0 Å². The van der Waals surface area contributed by atoms with Crippen molar-refractivity contribution >= 4 is 5.97 Å². The molecule has 0 spiro atoms. The largest absolute Gasteiger partial charge is 0.463 e. The number of hydrogen-bond donors (Lipinski definition) is 2. The minimum absolute atomic E-state index is 0.0958. The molecule has 0 radical (unpaired) electrons. The summed E-state index contributed by atoms with van der Waals surface area (Å²) in [5, 5.41) is 18.9. The Hall–Kier alpha value is -0.870. The lowest BCUT2D eigenvalue weighted by Gasteiger charge is -2.07. The molecule has 0 aromatic carbocycles. The van der Waals surface area contributed by atoms with Gasteiger partial charge in [-0.25, -0.2) is 0 Å². The van der Waals surface area contributed by atoms with Crippen molar-refractivity contribution in [1.82, 2.24) is 0 Å². The van der Waals surface area contributed by atoms with Crippen molar-refractivity contribution in [3.8, 4) is 0 Å². The Balaban J connectivity index is 3.33. The quantitative estimate of drug-likeness (QED) is 0.220. The number of esters is 1. The van der Waals surface area contributed by atoms with Crippen molar-refractivity contribution in [3.63, 3.8) is 0 Å². The van der Waals surface area contributed by atoms with E-state index in [1.54, 1.807) is 6.92 Å². The van der Waals surface area contributed by atoms with Crippen LogP contribution in [0.25, 0.3) is 0 Å². The summed E-state index contributed by atoms with van der Waals surface area (Å²) in [6.45, 7) is 3.90. The zero-order chi connectivity index (χ0) is 18.8. The number of rotatable bonds is 17. The average Bonchev–Trinajstić information content (AvgIpc) is 2.58. The molecule has 0 saturated carbocycles. The summed E-state index contributed by atoms with van der Waals surface area (Å²) in [4.78, 5) is 11.3. The summed E-state index contributed by atoms with van der Waals surface area (Å²) < 4.78 is 4.91. The van der Waals surface area contributed by atoms with Crippen LogP contribution in [0.1, 0.15) is 97.3 Å². The fourth-order valence-corrected chi connectivity index (χ4v) is 2.64. The highest BCUT2D eigenvalue weighted by atomic mass is 16.5. The van der Waals surface area contributed by atoms with E-state index in [0.717, 1.165) is 51.4 Å². The fraction of sp³-hybridized carbons (Fsp3) is 0.857. The normalized spacial score (nSPS) is 13.9. The third-order valence-electron chi connectivity index (χ3n) is 4.20. The molecule has 0 aliphatic carbocycles. The van der Waals surface area contributed by atoms with Crippen LogP contribution in [0.2, 0.25) is 0 Å². The predicted molar refractivity (Wildman–Crippen MR) is 103 cm³/mol. The number of allylic oxidation sites excluding steroid dienone is 1. The molecule has 0 fully saturated rings. The average molecular weight is 357 g/mol. The molecule has 0 bridgehead atoms. The Bertz CT molecular complexity index is 326. The number of carbonyl (C=O) groups excluding carboxylic acids is 1. The minimum Gasteiger partial charge on any atom is -0.463 e. The second-order valence-corrected chi connectivity index (χ2v) is 7.05. The molecule has 25 heavy (non-hydrogen) atoms. The van der Waals surface area contributed by atoms with Gasteiger partial charge < -0.3 is 14.9 Å². The molecule has 0 aromatic heterocycles. The smallest absolute Gasteiger partial charge is 0.305 e. The highest BCUT2D eigenvalue weighted by Crippen LogP contribution is 2.10. The summed E-state index contributed by atoms with van der Waals surface area (Å²) in [6.07, 6.45) is 17.0. The van der Waals surface area contributed by atoms with Gasteiger partial charge in [-0.1, -0.05) is 64.0 Å². The van der Waals surface area contributed by atoms with Gasteiger partial charge in [0.05, 0.1) is 12.2 Å². The van der Waals surface area contributed by atoms with Crippen molar-refractivity contribution in [1.29, 1.82) is 0 Å². The number of unbranched alkanes of at least 4 members (excludes halogenated alkanes) is 8. The van der Waals surface area contributed by atoms with Gasteiger partial charge in [0, 0.05) is 6.42 Å². The molecule has 0 aromatic rings. The van der Waals surface area contributed by atoms with Gasteiger partial charge >= 0.3 is 5.97 Å². The van der Waals surface area contributed by atoms with Crippen LogP contribution in [-0.2, 0) is 9.53 Å². The molecule has 0 heterocycles. The molecule has 0 unspecified atom stereocenters. The van der Waals surface area contributed by atoms with Crippen molar-refractivity contribution in [2.24, 2.45) is 0 Å². The molecule has 2 atom stereocenters. The van der Waals surface area contributed by atoms with Gasteiger partial charge in [-0.15, -0.1) is 0 Å². The molecule has 0 amide bonds. The van der Waals surface area contributed by atoms with Gasteiger partial charge in [-0.05, 0) is 39.0 Å². The highest BCUT2D eigenvalue weighted by Gasteiger charge is 2.04. The summed E-state index contributed by atoms with van der Waals surface area (Å²) in [5.41, 5.74) is 0. The van der Waals surface area contributed by atoms with E-state index >= 15 is 0 Å². The topological polar surface area (TPSA) is 66.8 Å². The zero-order valence-electron chi connectivity index (χ0n) is 16.4. The van der Waals surface area contributed by atoms with E-state index in [1.807, 2.05) is 0 Å². The van der Waals surface area contributed by atoms with Crippen LogP contribution in [0.4, 0.5) is 0 Å². The third-order valence-corrected chi connectivity index (χ3v) is 4.20. The number of aliphatic hydroxyl groups is 2. The van der Waals surface area contributed by atoms with Crippen LogP contribution in [0.5, 0.6) is 0 Å². The monoisotopic (exact) mass is 356 g/mol. The first-order valence-corrected chi connectivity index (χ1v) is 10.2.